The molecule has 0 bridgehead atoms. The number of hydrogen-bond donors (Lipinski definition) is 2. The van der Waals surface area contributed by atoms with E-state index in [9.17, 15) is 4.79 Å². The van der Waals surface area contributed by atoms with E-state index in [2.05, 4.69) is 14.9 Å². The third-order valence-corrected chi connectivity index (χ3v) is 5.10. The van der Waals surface area contributed by atoms with Crippen molar-refractivity contribution in [3.63, 3.8) is 0 Å². The molecule has 1 aliphatic heterocycles. The summed E-state index contributed by atoms with van der Waals surface area (Å²) in [6, 6.07) is 0.241. The molecule has 2 aromatic heterocycles. The van der Waals surface area contributed by atoms with Crippen LogP contribution in [0.2, 0.25) is 0 Å². The highest BCUT2D eigenvalue weighted by Gasteiger charge is 2.18. The Hall–Kier alpha value is -0.950. The van der Waals surface area contributed by atoms with Crippen molar-refractivity contribution in [1.29, 1.82) is 0 Å². The van der Waals surface area contributed by atoms with Gasteiger partial charge in [-0.15, -0.1) is 23.7 Å². The summed E-state index contributed by atoms with van der Waals surface area (Å²) < 4.78 is 0. The maximum absolute atomic E-state index is 12.2. The average molecular weight is 329 g/mol. The first-order valence-electron chi connectivity index (χ1n) is 7.01. The molecule has 3 rings (SSSR count). The molecule has 7 heteroatoms. The molecule has 0 saturated carbocycles. The minimum Gasteiger partial charge on any atom is -0.327 e. The number of halogens is 1. The molecule has 1 aliphatic rings. The summed E-state index contributed by atoms with van der Waals surface area (Å²) in [5, 5.41) is 0.742. The van der Waals surface area contributed by atoms with E-state index in [1.165, 1.54) is 0 Å². The van der Waals surface area contributed by atoms with Crippen LogP contribution in [0, 0.1) is 13.8 Å². The van der Waals surface area contributed by atoms with E-state index in [1.54, 1.807) is 11.3 Å². The lowest BCUT2D eigenvalue weighted by molar-refractivity contribution is 0.197. The number of nitrogens with two attached hydrogens (primary N) is 1. The summed E-state index contributed by atoms with van der Waals surface area (Å²) in [4.78, 5) is 24.0. The molecule has 0 aromatic carbocycles. The van der Waals surface area contributed by atoms with E-state index in [4.69, 9.17) is 5.73 Å². The van der Waals surface area contributed by atoms with Gasteiger partial charge in [0.2, 0.25) is 0 Å². The Labute approximate surface area is 134 Å². The molecule has 3 N–H and O–H groups in total. The van der Waals surface area contributed by atoms with Gasteiger partial charge in [-0.25, -0.2) is 4.98 Å². The quantitative estimate of drug-likeness (QED) is 0.883. The molecule has 1 atom stereocenters. The molecular weight excluding hydrogens is 308 g/mol. The molecule has 2 aromatic rings. The van der Waals surface area contributed by atoms with Gasteiger partial charge in [0.1, 0.15) is 10.7 Å². The van der Waals surface area contributed by atoms with Crippen LogP contribution in [0.25, 0.3) is 10.2 Å². The van der Waals surface area contributed by atoms with Crippen LogP contribution >= 0.6 is 23.7 Å². The number of fused-ring (bicyclic) bond motifs is 1. The summed E-state index contributed by atoms with van der Waals surface area (Å²) in [6.45, 7) is 6.59. The molecule has 0 radical (unpaired) electrons. The molecule has 0 amide bonds. The third-order valence-electron chi connectivity index (χ3n) is 4.00. The van der Waals surface area contributed by atoms with Gasteiger partial charge in [0.05, 0.1) is 11.9 Å². The van der Waals surface area contributed by atoms with Crippen molar-refractivity contribution in [2.45, 2.75) is 39.3 Å². The summed E-state index contributed by atoms with van der Waals surface area (Å²) in [7, 11) is 0. The van der Waals surface area contributed by atoms with Gasteiger partial charge in [-0.1, -0.05) is 0 Å². The number of aromatic nitrogens is 2. The molecule has 0 unspecified atom stereocenters. The Kier molecular flexibility index (Phi) is 5.03. The van der Waals surface area contributed by atoms with E-state index in [1.807, 2.05) is 13.8 Å². The molecule has 116 valence electrons. The van der Waals surface area contributed by atoms with Crippen LogP contribution in [-0.4, -0.2) is 34.0 Å². The van der Waals surface area contributed by atoms with Crippen molar-refractivity contribution >= 4 is 34.0 Å². The molecule has 3 heterocycles. The number of aromatic amines is 1. The first-order valence-corrected chi connectivity index (χ1v) is 7.83. The molecule has 1 fully saturated rings. The van der Waals surface area contributed by atoms with Crippen molar-refractivity contribution in [3.8, 4) is 0 Å². The van der Waals surface area contributed by atoms with Crippen LogP contribution in [0.3, 0.4) is 0 Å². The van der Waals surface area contributed by atoms with E-state index in [0.717, 1.165) is 52.4 Å². The second-order valence-corrected chi connectivity index (χ2v) is 6.82. The zero-order chi connectivity index (χ0) is 14.3. The van der Waals surface area contributed by atoms with E-state index in [0.29, 0.717) is 6.54 Å². The fourth-order valence-corrected chi connectivity index (χ4v) is 3.87. The SMILES string of the molecule is Cc1sc2nc(CN3CCC[C@@H](N)C3)[nH]c(=O)c2c1C.Cl. The standard InChI is InChI=1S/C14H20N4OS.ClH/c1-8-9(2)20-14-12(8)13(19)16-11(17-14)7-18-5-3-4-10(15)6-18;/h10H,3-7,15H2,1-2H3,(H,16,17,19);1H/t10-;/m1./s1. The molecule has 1 saturated heterocycles. The van der Waals surface area contributed by atoms with Gasteiger partial charge in [-0.05, 0) is 38.8 Å². The highest BCUT2D eigenvalue weighted by atomic mass is 35.5. The zero-order valence-corrected chi connectivity index (χ0v) is 13.9. The van der Waals surface area contributed by atoms with Gasteiger partial charge >= 0.3 is 0 Å². The van der Waals surface area contributed by atoms with Crippen molar-refractivity contribution in [2.24, 2.45) is 5.73 Å². The number of likely N-dealkylation sites (tertiary alicyclic amines) is 1. The monoisotopic (exact) mass is 328 g/mol. The van der Waals surface area contributed by atoms with Crippen LogP contribution in [0.1, 0.15) is 29.1 Å². The van der Waals surface area contributed by atoms with Crippen molar-refractivity contribution in [3.05, 3.63) is 26.6 Å². The topological polar surface area (TPSA) is 75.0 Å². The van der Waals surface area contributed by atoms with Gasteiger partial charge in [0.25, 0.3) is 5.56 Å². The predicted octanol–water partition coefficient (Wildman–Crippen LogP) is 1.95. The van der Waals surface area contributed by atoms with E-state index in [-0.39, 0.29) is 24.0 Å². The maximum atomic E-state index is 12.2. The van der Waals surface area contributed by atoms with Gasteiger partial charge in [0, 0.05) is 17.5 Å². The number of hydrogen-bond acceptors (Lipinski definition) is 5. The third kappa shape index (κ3) is 3.29. The Balaban J connectivity index is 0.00000161. The van der Waals surface area contributed by atoms with Crippen LogP contribution in [0.15, 0.2) is 4.79 Å². The summed E-state index contributed by atoms with van der Waals surface area (Å²) >= 11 is 1.60. The average Bonchev–Trinajstić information content (AvgIpc) is 2.65. The normalized spacial score (nSPS) is 19.7. The smallest absolute Gasteiger partial charge is 0.259 e. The fraction of sp³-hybridized carbons (Fsp3) is 0.571. The number of aryl methyl sites for hydroxylation is 2. The number of piperidine rings is 1. The highest BCUT2D eigenvalue weighted by Crippen LogP contribution is 2.25. The lowest BCUT2D eigenvalue weighted by atomic mass is 10.1. The second kappa shape index (κ2) is 6.44. The minimum atomic E-state index is -0.0202. The number of H-pyrrole nitrogens is 1. The van der Waals surface area contributed by atoms with Crippen LogP contribution in [0.4, 0.5) is 0 Å². The Morgan fingerprint density at radius 3 is 2.95 bits per heavy atom. The van der Waals surface area contributed by atoms with Crippen LogP contribution in [-0.2, 0) is 6.54 Å². The molecular formula is C14H21ClN4OS. The number of thiophene rings is 1. The van der Waals surface area contributed by atoms with E-state index >= 15 is 0 Å². The van der Waals surface area contributed by atoms with Gasteiger partial charge in [0.15, 0.2) is 0 Å². The van der Waals surface area contributed by atoms with Gasteiger partial charge in [-0.2, -0.15) is 0 Å². The van der Waals surface area contributed by atoms with Crippen molar-refractivity contribution in [2.75, 3.05) is 13.1 Å². The lowest BCUT2D eigenvalue weighted by Gasteiger charge is -2.30. The van der Waals surface area contributed by atoms with Gasteiger partial charge < -0.3 is 10.7 Å². The first kappa shape index (κ1) is 16.4. The maximum Gasteiger partial charge on any atom is 0.259 e. The van der Waals surface area contributed by atoms with Crippen molar-refractivity contribution < 1.29 is 0 Å². The lowest BCUT2D eigenvalue weighted by Crippen LogP contribution is -2.42. The number of nitrogens with zero attached hydrogens (tertiary/aromatic N) is 2. The Bertz CT molecular complexity index is 696. The highest BCUT2D eigenvalue weighted by molar-refractivity contribution is 7.18. The molecule has 5 nitrogen and oxygen atoms in total. The fourth-order valence-electron chi connectivity index (χ4n) is 2.82. The summed E-state index contributed by atoms with van der Waals surface area (Å²) in [5.74, 6) is 0.748. The molecule has 21 heavy (non-hydrogen) atoms. The molecule has 0 spiro atoms. The minimum absolute atomic E-state index is 0. The van der Waals surface area contributed by atoms with Crippen molar-refractivity contribution in [1.82, 2.24) is 14.9 Å². The number of rotatable bonds is 2. The summed E-state index contributed by atoms with van der Waals surface area (Å²) in [5.41, 5.74) is 7.02. The second-order valence-electron chi connectivity index (χ2n) is 5.61. The first-order chi connectivity index (χ1) is 9.54. The Morgan fingerprint density at radius 2 is 2.24 bits per heavy atom. The summed E-state index contributed by atoms with van der Waals surface area (Å²) in [6.07, 6.45) is 2.20. The molecule has 0 aliphatic carbocycles. The van der Waals surface area contributed by atoms with E-state index < -0.39 is 0 Å². The predicted molar refractivity (Wildman–Crippen MR) is 89.4 cm³/mol. The van der Waals surface area contributed by atoms with Gasteiger partial charge in [-0.3, -0.25) is 9.69 Å². The van der Waals surface area contributed by atoms with Crippen LogP contribution < -0.4 is 11.3 Å². The Morgan fingerprint density at radius 1 is 1.48 bits per heavy atom. The number of nitrogens with one attached hydrogen (secondary N) is 1. The largest absolute Gasteiger partial charge is 0.327 e. The van der Waals surface area contributed by atoms with Crippen LogP contribution in [0.5, 0.6) is 0 Å². The zero-order valence-electron chi connectivity index (χ0n) is 12.3.